The van der Waals surface area contributed by atoms with Crippen LogP contribution in [0.3, 0.4) is 0 Å². The first-order valence-electron chi connectivity index (χ1n) is 9.98. The van der Waals surface area contributed by atoms with Crippen molar-refractivity contribution in [1.29, 1.82) is 0 Å². The zero-order chi connectivity index (χ0) is 27.2. The molecule has 0 aromatic carbocycles. The van der Waals surface area contributed by atoms with E-state index in [1.54, 1.807) is 0 Å². The Morgan fingerprint density at radius 3 is 2.08 bits per heavy atom. The molecule has 0 bridgehead atoms. The average molecular weight is 566 g/mol. The Bertz CT molecular complexity index is 1130. The molecular formula is C15H24N2O17P2. The molecule has 0 saturated carbocycles. The van der Waals surface area contributed by atoms with Gasteiger partial charge in [-0.15, -0.1) is 0 Å². The summed E-state index contributed by atoms with van der Waals surface area (Å²) in [7, 11) is -11.5. The first-order valence-corrected chi connectivity index (χ1v) is 13.0. The molecule has 2 unspecified atom stereocenters. The Morgan fingerprint density at radius 1 is 0.944 bits per heavy atom. The summed E-state index contributed by atoms with van der Waals surface area (Å²) < 4.78 is 43.1. The fraction of sp³-hybridized carbons (Fsp3) is 0.733. The third-order valence-electron chi connectivity index (χ3n) is 5.44. The van der Waals surface area contributed by atoms with Crippen molar-refractivity contribution < 1.29 is 72.8 Å². The standard InChI is InChI=1S/C15H24N2O17P2/c18-3-4-6(20)7(21)8(22)11(31-4)13(33-36(29,30)34-35(26,27)28)12-9(23)10(24)14(32-12)17-2-1-5(19)16-15(17)25/h1-2,4,6-14,18,20-24H,3H2,(H,29,30)(H,16,19,25)(H2,26,27,28)/t4-,6+,7+,8-,9+,10-,11+,12+,13?,14-/m1/s1. The van der Waals surface area contributed by atoms with E-state index < -0.39 is 94.7 Å². The van der Waals surface area contributed by atoms with Gasteiger partial charge in [0.05, 0.1) is 6.61 Å². The first-order chi connectivity index (χ1) is 16.6. The van der Waals surface area contributed by atoms with Gasteiger partial charge in [0.15, 0.2) is 6.23 Å². The number of aromatic amines is 1. The predicted octanol–water partition coefficient (Wildman–Crippen LogP) is -5.41. The minimum atomic E-state index is -5.78. The number of aromatic nitrogens is 2. The molecule has 1 aromatic heterocycles. The highest BCUT2D eigenvalue weighted by Gasteiger charge is 2.57. The van der Waals surface area contributed by atoms with Crippen molar-refractivity contribution in [3.8, 4) is 0 Å². The predicted molar refractivity (Wildman–Crippen MR) is 109 cm³/mol. The van der Waals surface area contributed by atoms with E-state index >= 15 is 0 Å². The number of nitrogens with one attached hydrogen (secondary N) is 1. The zero-order valence-corrected chi connectivity index (χ0v) is 19.6. The van der Waals surface area contributed by atoms with Gasteiger partial charge in [-0.1, -0.05) is 0 Å². The number of aliphatic hydroxyl groups is 6. The Morgan fingerprint density at radius 2 is 1.53 bits per heavy atom. The second-order valence-corrected chi connectivity index (χ2v) is 10.7. The fourth-order valence-electron chi connectivity index (χ4n) is 3.83. The number of phosphoric acid groups is 2. The van der Waals surface area contributed by atoms with Gasteiger partial charge in [0, 0.05) is 12.3 Å². The molecule has 11 atom stereocenters. The molecule has 2 aliphatic heterocycles. The number of rotatable bonds is 8. The summed E-state index contributed by atoms with van der Waals surface area (Å²) in [6.45, 7) is -0.962. The van der Waals surface area contributed by atoms with Crippen LogP contribution in [0.1, 0.15) is 6.23 Å². The highest BCUT2D eigenvalue weighted by Crippen LogP contribution is 2.59. The van der Waals surface area contributed by atoms with Gasteiger partial charge in [0.1, 0.15) is 54.9 Å². The smallest absolute Gasteiger partial charge is 0.394 e. The molecule has 206 valence electrons. The van der Waals surface area contributed by atoms with Crippen molar-refractivity contribution in [1.82, 2.24) is 9.55 Å². The van der Waals surface area contributed by atoms with Crippen molar-refractivity contribution in [2.75, 3.05) is 6.61 Å². The number of nitrogens with zero attached hydrogens (tertiary/aromatic N) is 1. The molecule has 0 spiro atoms. The molecule has 36 heavy (non-hydrogen) atoms. The molecule has 1 aromatic rings. The molecular weight excluding hydrogens is 542 g/mol. The van der Waals surface area contributed by atoms with Crippen molar-refractivity contribution in [2.45, 2.75) is 61.2 Å². The van der Waals surface area contributed by atoms with E-state index in [1.807, 2.05) is 4.98 Å². The lowest BCUT2D eigenvalue weighted by molar-refractivity contribution is -0.260. The van der Waals surface area contributed by atoms with Gasteiger partial charge in [-0.05, 0) is 0 Å². The molecule has 2 aliphatic rings. The van der Waals surface area contributed by atoms with Crippen molar-refractivity contribution in [3.63, 3.8) is 0 Å². The van der Waals surface area contributed by atoms with Crippen LogP contribution in [0.5, 0.6) is 0 Å². The maximum atomic E-state index is 12.3. The Hall–Kier alpha value is -1.38. The normalized spacial score (nSPS) is 38.0. The zero-order valence-electron chi connectivity index (χ0n) is 17.8. The topological polar surface area (TPSA) is 308 Å². The molecule has 2 fully saturated rings. The monoisotopic (exact) mass is 566 g/mol. The number of hydrogen-bond donors (Lipinski definition) is 10. The summed E-state index contributed by atoms with van der Waals surface area (Å²) >= 11 is 0. The van der Waals surface area contributed by atoms with Gasteiger partial charge in [-0.25, -0.2) is 13.9 Å². The summed E-state index contributed by atoms with van der Waals surface area (Å²) in [6.07, 6.45) is -19.2. The summed E-state index contributed by atoms with van der Waals surface area (Å²) in [5.74, 6) is 0. The molecule has 19 nitrogen and oxygen atoms in total. The minimum absolute atomic E-state index is 0.615. The Labute approximate surface area is 199 Å². The first kappa shape index (κ1) is 29.2. The van der Waals surface area contributed by atoms with E-state index in [2.05, 4.69) is 4.31 Å². The second-order valence-electron chi connectivity index (χ2n) is 7.89. The van der Waals surface area contributed by atoms with E-state index in [-0.39, 0.29) is 0 Å². The lowest BCUT2D eigenvalue weighted by atomic mass is 9.89. The van der Waals surface area contributed by atoms with Crippen LogP contribution in [-0.2, 0) is 27.4 Å². The summed E-state index contributed by atoms with van der Waals surface area (Å²) in [6, 6.07) is 0.860. The van der Waals surface area contributed by atoms with Crippen molar-refractivity contribution in [2.24, 2.45) is 0 Å². The maximum absolute atomic E-state index is 12.3. The number of aliphatic hydroxyl groups excluding tert-OH is 6. The highest BCUT2D eigenvalue weighted by atomic mass is 31.3. The largest absolute Gasteiger partial charge is 0.481 e. The van der Waals surface area contributed by atoms with Gasteiger partial charge in [0.25, 0.3) is 5.56 Å². The Kier molecular flexibility index (Phi) is 8.73. The average Bonchev–Trinajstić information content (AvgIpc) is 3.04. The van der Waals surface area contributed by atoms with Crippen LogP contribution in [0.2, 0.25) is 0 Å². The summed E-state index contributed by atoms with van der Waals surface area (Å²) in [5.41, 5.74) is -1.93. The van der Waals surface area contributed by atoms with Gasteiger partial charge in [-0.2, -0.15) is 4.31 Å². The number of hydrogen-bond acceptors (Lipinski definition) is 14. The SMILES string of the molecule is O=c1ccn([C@@H]2O[C@H](C(OP(=O)(O)OP(=O)(O)O)[C@H]3O[C@H](CO)[C@H](O)[C@H](O)[C@H]3O)[C@@H](O)[C@H]2O)c(=O)[nH]1. The molecule has 0 aliphatic carbocycles. The molecule has 21 heteroatoms. The number of phosphoric ester groups is 1. The van der Waals surface area contributed by atoms with E-state index in [1.165, 1.54) is 0 Å². The molecule has 0 radical (unpaired) electrons. The van der Waals surface area contributed by atoms with Crippen molar-refractivity contribution >= 4 is 15.6 Å². The van der Waals surface area contributed by atoms with Crippen molar-refractivity contribution in [3.05, 3.63) is 33.1 Å². The van der Waals surface area contributed by atoms with E-state index in [9.17, 15) is 54.3 Å². The fourth-order valence-corrected chi connectivity index (χ4v) is 5.61. The van der Waals surface area contributed by atoms with Gasteiger partial charge in [0.2, 0.25) is 0 Å². The third-order valence-corrected chi connectivity index (χ3v) is 7.63. The molecule has 0 amide bonds. The van der Waals surface area contributed by atoms with E-state index in [0.29, 0.717) is 4.57 Å². The Balaban J connectivity index is 2.02. The quantitative estimate of drug-likeness (QED) is 0.131. The van der Waals surface area contributed by atoms with Gasteiger partial charge >= 0.3 is 21.3 Å². The molecule has 10 N–H and O–H groups in total. The van der Waals surface area contributed by atoms with Crippen LogP contribution in [0, 0.1) is 0 Å². The van der Waals surface area contributed by atoms with Crippen LogP contribution < -0.4 is 11.2 Å². The van der Waals surface area contributed by atoms with Gasteiger partial charge in [-0.3, -0.25) is 18.9 Å². The minimum Gasteiger partial charge on any atom is -0.394 e. The molecule has 3 rings (SSSR count). The van der Waals surface area contributed by atoms with Gasteiger partial charge < -0.3 is 54.8 Å². The van der Waals surface area contributed by atoms with E-state index in [0.717, 1.165) is 12.3 Å². The molecule has 2 saturated heterocycles. The number of H-pyrrole nitrogens is 1. The van der Waals surface area contributed by atoms with Crippen LogP contribution in [0.4, 0.5) is 0 Å². The number of ether oxygens (including phenoxy) is 2. The summed E-state index contributed by atoms with van der Waals surface area (Å²) in [5, 5.41) is 61.0. The summed E-state index contributed by atoms with van der Waals surface area (Å²) in [4.78, 5) is 52.9. The third kappa shape index (κ3) is 6.18. The van der Waals surface area contributed by atoms with Crippen LogP contribution >= 0.6 is 15.6 Å². The lowest BCUT2D eigenvalue weighted by Crippen LogP contribution is -2.64. The maximum Gasteiger partial charge on any atom is 0.481 e. The highest BCUT2D eigenvalue weighted by molar-refractivity contribution is 7.60. The van der Waals surface area contributed by atoms with Crippen LogP contribution in [0.15, 0.2) is 21.9 Å². The lowest BCUT2D eigenvalue weighted by Gasteiger charge is -2.44. The second kappa shape index (κ2) is 10.8. The van der Waals surface area contributed by atoms with E-state index in [4.69, 9.17) is 23.8 Å². The van der Waals surface area contributed by atoms with Crippen LogP contribution in [-0.4, -0.2) is 116 Å². The van der Waals surface area contributed by atoms with Crippen LogP contribution in [0.25, 0.3) is 0 Å². The molecule has 3 heterocycles.